The summed E-state index contributed by atoms with van der Waals surface area (Å²) in [6.45, 7) is 3.56. The van der Waals surface area contributed by atoms with E-state index in [-0.39, 0.29) is 22.2 Å². The van der Waals surface area contributed by atoms with Crippen molar-refractivity contribution in [2.45, 2.75) is 32.1 Å². The first-order valence-electron chi connectivity index (χ1n) is 8.59. The molecule has 2 aromatic heterocycles. The highest BCUT2D eigenvalue weighted by atomic mass is 35.5. The second-order valence-electron chi connectivity index (χ2n) is 6.90. The Morgan fingerprint density at radius 2 is 1.90 bits per heavy atom. The van der Waals surface area contributed by atoms with Gasteiger partial charge >= 0.3 is 6.18 Å². The maximum atomic E-state index is 14.4. The number of ketones is 1. The van der Waals surface area contributed by atoms with E-state index >= 15 is 0 Å². The van der Waals surface area contributed by atoms with E-state index in [1.165, 1.54) is 24.3 Å². The van der Waals surface area contributed by atoms with E-state index in [1.807, 2.05) is 12.2 Å². The molecule has 1 N–H and O–H groups in total. The average molecular weight is 423 g/mol. The van der Waals surface area contributed by atoms with Crippen molar-refractivity contribution in [2.24, 2.45) is 0 Å². The van der Waals surface area contributed by atoms with Crippen molar-refractivity contribution in [1.29, 1.82) is 0 Å². The van der Waals surface area contributed by atoms with Gasteiger partial charge in [0, 0.05) is 0 Å². The normalized spacial score (nSPS) is 18.9. The summed E-state index contributed by atoms with van der Waals surface area (Å²) in [5.74, 6) is -2.45. The lowest BCUT2D eigenvalue weighted by Gasteiger charge is -2.33. The van der Waals surface area contributed by atoms with Gasteiger partial charge in [-0.15, -0.1) is 0 Å². The second-order valence-corrected chi connectivity index (χ2v) is 7.28. The third-order valence-electron chi connectivity index (χ3n) is 5.05. The minimum Gasteiger partial charge on any atom is -0.314 e. The molecule has 0 saturated carbocycles. The van der Waals surface area contributed by atoms with Gasteiger partial charge in [-0.25, -0.2) is 9.97 Å². The van der Waals surface area contributed by atoms with Crippen molar-refractivity contribution >= 4 is 34.3 Å². The molecular formula is C19H14ClF3N4O2. The van der Waals surface area contributed by atoms with Gasteiger partial charge in [0.15, 0.2) is 5.78 Å². The molecular weight excluding hydrogens is 409 g/mol. The standard InChI is InChI=1S/C19H14ClF3N4O2/c1-9-6-12-13(7-10(9)2)27-16(25-12)8-14(28)18(27,19(21,22)23)26-17(29)11-4-3-5-15(20)24-11/h3-7H,8H2,1-2H3,(H,26,29). The van der Waals surface area contributed by atoms with Gasteiger partial charge in [-0.2, -0.15) is 13.2 Å². The van der Waals surface area contributed by atoms with E-state index in [4.69, 9.17) is 11.6 Å². The number of imidazole rings is 1. The molecule has 1 aromatic carbocycles. The first-order chi connectivity index (χ1) is 13.5. The van der Waals surface area contributed by atoms with Crippen LogP contribution in [0.15, 0.2) is 30.3 Å². The number of pyridine rings is 1. The maximum absolute atomic E-state index is 14.4. The summed E-state index contributed by atoms with van der Waals surface area (Å²) < 4.78 is 43.8. The number of nitrogens with one attached hydrogen (secondary N) is 1. The fourth-order valence-corrected chi connectivity index (χ4v) is 3.68. The summed E-state index contributed by atoms with van der Waals surface area (Å²) >= 11 is 5.74. The molecule has 1 aliphatic rings. The molecule has 3 aromatic rings. The van der Waals surface area contributed by atoms with Crippen molar-refractivity contribution in [3.05, 3.63) is 58.1 Å². The molecule has 3 heterocycles. The van der Waals surface area contributed by atoms with Gasteiger partial charge in [-0.1, -0.05) is 17.7 Å². The van der Waals surface area contributed by atoms with Gasteiger partial charge in [0.05, 0.1) is 17.5 Å². The Kier molecular flexibility index (Phi) is 4.20. The number of amides is 1. The van der Waals surface area contributed by atoms with Gasteiger partial charge in [0.2, 0.25) is 0 Å². The Hall–Kier alpha value is -2.94. The first-order valence-corrected chi connectivity index (χ1v) is 8.96. The highest BCUT2D eigenvalue weighted by Crippen LogP contribution is 2.43. The Labute approximate surface area is 167 Å². The molecule has 0 fully saturated rings. The number of Topliss-reactive ketones (excluding diaryl/α,β-unsaturated/α-hetero) is 1. The fourth-order valence-electron chi connectivity index (χ4n) is 3.52. The molecule has 1 amide bonds. The molecule has 0 radical (unpaired) electrons. The van der Waals surface area contributed by atoms with Crippen molar-refractivity contribution in [3.63, 3.8) is 0 Å². The molecule has 0 saturated heterocycles. The molecule has 1 unspecified atom stereocenters. The number of rotatable bonds is 2. The molecule has 0 aliphatic carbocycles. The molecule has 150 valence electrons. The van der Waals surface area contributed by atoms with Crippen LogP contribution >= 0.6 is 11.6 Å². The van der Waals surface area contributed by atoms with Crippen molar-refractivity contribution in [2.75, 3.05) is 0 Å². The number of halogens is 4. The van der Waals surface area contributed by atoms with E-state index in [1.54, 1.807) is 13.0 Å². The van der Waals surface area contributed by atoms with E-state index in [2.05, 4.69) is 9.97 Å². The maximum Gasteiger partial charge on any atom is 0.438 e. The van der Waals surface area contributed by atoms with Gasteiger partial charge in [-0.05, 0) is 49.2 Å². The first kappa shape index (κ1) is 19.4. The van der Waals surface area contributed by atoms with E-state index in [0.717, 1.165) is 15.7 Å². The highest BCUT2D eigenvalue weighted by Gasteiger charge is 2.67. The lowest BCUT2D eigenvalue weighted by molar-refractivity contribution is -0.214. The number of nitrogens with zero attached hydrogens (tertiary/aromatic N) is 3. The van der Waals surface area contributed by atoms with E-state index in [9.17, 15) is 22.8 Å². The van der Waals surface area contributed by atoms with Gasteiger partial charge in [0.25, 0.3) is 11.6 Å². The summed E-state index contributed by atoms with van der Waals surface area (Å²) in [5, 5.41) is 1.82. The molecule has 0 spiro atoms. The largest absolute Gasteiger partial charge is 0.438 e. The number of carbonyl (C=O) groups is 2. The Balaban J connectivity index is 1.93. The summed E-state index contributed by atoms with van der Waals surface area (Å²) in [6.07, 6.45) is -5.68. The molecule has 29 heavy (non-hydrogen) atoms. The number of aryl methyl sites for hydroxylation is 2. The third kappa shape index (κ3) is 2.79. The molecule has 0 bridgehead atoms. The van der Waals surface area contributed by atoms with Crippen LogP contribution in [0.2, 0.25) is 5.15 Å². The minimum atomic E-state index is -5.12. The van der Waals surface area contributed by atoms with Crippen LogP contribution in [0.1, 0.15) is 27.4 Å². The topological polar surface area (TPSA) is 76.9 Å². The van der Waals surface area contributed by atoms with Crippen LogP contribution in [0.3, 0.4) is 0 Å². The summed E-state index contributed by atoms with van der Waals surface area (Å²) in [7, 11) is 0. The van der Waals surface area contributed by atoms with Gasteiger partial charge in [0.1, 0.15) is 16.7 Å². The number of fused-ring (bicyclic) bond motifs is 3. The smallest absolute Gasteiger partial charge is 0.314 e. The summed E-state index contributed by atoms with van der Waals surface area (Å²) in [4.78, 5) is 33.2. The lowest BCUT2D eigenvalue weighted by atomic mass is 10.0. The predicted octanol–water partition coefficient (Wildman–Crippen LogP) is 3.47. The Bertz CT molecular complexity index is 1190. The summed E-state index contributed by atoms with van der Waals surface area (Å²) in [6, 6.07) is 7.16. The van der Waals surface area contributed by atoms with Crippen molar-refractivity contribution < 1.29 is 22.8 Å². The molecule has 1 atom stereocenters. The highest BCUT2D eigenvalue weighted by molar-refractivity contribution is 6.29. The third-order valence-corrected chi connectivity index (χ3v) is 5.26. The number of hydrogen-bond donors (Lipinski definition) is 1. The number of benzene rings is 1. The number of carbonyl (C=O) groups excluding carboxylic acids is 2. The summed E-state index contributed by atoms with van der Waals surface area (Å²) in [5.41, 5.74) is -1.59. The average Bonchev–Trinajstić information content (AvgIpc) is 3.09. The second kappa shape index (κ2) is 6.28. The quantitative estimate of drug-likeness (QED) is 0.641. The minimum absolute atomic E-state index is 0.0590. The van der Waals surface area contributed by atoms with Crippen LogP contribution in [0.4, 0.5) is 13.2 Å². The van der Waals surface area contributed by atoms with E-state index < -0.39 is 30.0 Å². The van der Waals surface area contributed by atoms with Crippen molar-refractivity contribution in [1.82, 2.24) is 19.9 Å². The van der Waals surface area contributed by atoms with Crippen LogP contribution in [-0.4, -0.2) is 32.4 Å². The number of aromatic nitrogens is 3. The van der Waals surface area contributed by atoms with E-state index in [0.29, 0.717) is 5.52 Å². The molecule has 1 aliphatic heterocycles. The Morgan fingerprint density at radius 1 is 1.21 bits per heavy atom. The number of alkyl halides is 3. The van der Waals surface area contributed by atoms with Crippen molar-refractivity contribution in [3.8, 4) is 0 Å². The SMILES string of the molecule is Cc1cc2nc3n(c2cc1C)C(NC(=O)c1cccc(Cl)n1)(C(F)(F)F)C(=O)C3. The fraction of sp³-hybridized carbons (Fsp3) is 0.263. The van der Waals surface area contributed by atoms with Crippen LogP contribution in [0.25, 0.3) is 11.0 Å². The number of hydrogen-bond acceptors (Lipinski definition) is 4. The van der Waals surface area contributed by atoms with Gasteiger partial charge < -0.3 is 5.32 Å². The Morgan fingerprint density at radius 3 is 2.55 bits per heavy atom. The van der Waals surface area contributed by atoms with Crippen LogP contribution in [0, 0.1) is 13.8 Å². The zero-order chi connectivity index (χ0) is 21.1. The molecule has 6 nitrogen and oxygen atoms in total. The predicted molar refractivity (Wildman–Crippen MR) is 98.7 cm³/mol. The zero-order valence-electron chi connectivity index (χ0n) is 15.3. The van der Waals surface area contributed by atoms with Crippen LogP contribution in [0.5, 0.6) is 0 Å². The molecule has 4 rings (SSSR count). The van der Waals surface area contributed by atoms with Crippen LogP contribution in [-0.2, 0) is 16.9 Å². The van der Waals surface area contributed by atoms with Gasteiger partial charge in [-0.3, -0.25) is 14.2 Å². The lowest BCUT2D eigenvalue weighted by Crippen LogP contribution is -2.62. The van der Waals surface area contributed by atoms with Crippen LogP contribution < -0.4 is 5.32 Å². The molecule has 10 heteroatoms. The zero-order valence-corrected chi connectivity index (χ0v) is 16.0. The monoisotopic (exact) mass is 422 g/mol.